The van der Waals surface area contributed by atoms with Gasteiger partial charge in [-0.1, -0.05) is 61.5 Å². The molecule has 0 saturated heterocycles. The van der Waals surface area contributed by atoms with Gasteiger partial charge >= 0.3 is 5.97 Å². The lowest BCUT2D eigenvalue weighted by Gasteiger charge is -2.28. The van der Waals surface area contributed by atoms with Crippen molar-refractivity contribution in [2.24, 2.45) is 0 Å². The van der Waals surface area contributed by atoms with Gasteiger partial charge in [-0.15, -0.1) is 0 Å². The Morgan fingerprint density at radius 2 is 1.71 bits per heavy atom. The molecule has 0 radical (unpaired) electrons. The van der Waals surface area contributed by atoms with Crippen molar-refractivity contribution < 1.29 is 14.6 Å². The number of aliphatic hydroxyl groups is 1. The first-order chi connectivity index (χ1) is 13.3. The topological polar surface area (TPSA) is 58.6 Å². The van der Waals surface area contributed by atoms with Crippen LogP contribution in [0.1, 0.15) is 62.3 Å². The Morgan fingerprint density at radius 3 is 2.32 bits per heavy atom. The minimum absolute atomic E-state index is 0.0768. The Balaban J connectivity index is 1.82. The number of hydrogen-bond donors (Lipinski definition) is 2. The average Bonchev–Trinajstić information content (AvgIpc) is 2.71. The molecule has 0 spiro atoms. The third-order valence-electron chi connectivity index (χ3n) is 5.25. The number of methoxy groups -OCH3 is 1. The predicted octanol–water partition coefficient (Wildman–Crippen LogP) is 4.39. The van der Waals surface area contributed by atoms with Crippen LogP contribution in [0.15, 0.2) is 54.6 Å². The summed E-state index contributed by atoms with van der Waals surface area (Å²) >= 11 is 0. The van der Waals surface area contributed by atoms with E-state index in [1.165, 1.54) is 12.7 Å². The lowest BCUT2D eigenvalue weighted by atomic mass is 9.92. The standard InChI is InChI=1S/C24H33NO3/c1-18(16-23(27)28-4)20-12-10-19(11-13-20)14-15-24(2,3)25-17-22(26)21-8-6-5-7-9-21/h5-13,18,22,25-26H,14-17H2,1-4H3. The zero-order valence-corrected chi connectivity index (χ0v) is 17.4. The second-order valence-electron chi connectivity index (χ2n) is 8.11. The van der Waals surface area contributed by atoms with Gasteiger partial charge in [0, 0.05) is 12.1 Å². The SMILES string of the molecule is COC(=O)CC(C)c1ccc(CCC(C)(C)NCC(O)c2ccccc2)cc1. The maximum absolute atomic E-state index is 11.4. The number of hydrogen-bond acceptors (Lipinski definition) is 4. The van der Waals surface area contributed by atoms with Gasteiger partial charge in [-0.25, -0.2) is 0 Å². The average molecular weight is 384 g/mol. The van der Waals surface area contributed by atoms with Crippen molar-refractivity contribution in [1.82, 2.24) is 5.32 Å². The zero-order chi connectivity index (χ0) is 20.6. The van der Waals surface area contributed by atoms with Crippen molar-refractivity contribution in [3.05, 3.63) is 71.3 Å². The van der Waals surface area contributed by atoms with Crippen LogP contribution < -0.4 is 5.32 Å². The number of β-amino-alcohol motifs (C(OH)–C–C–N with tert-alkyl or cyclic N) is 1. The molecule has 0 amide bonds. The van der Waals surface area contributed by atoms with E-state index in [0.717, 1.165) is 24.0 Å². The maximum Gasteiger partial charge on any atom is 0.306 e. The monoisotopic (exact) mass is 383 g/mol. The first kappa shape index (κ1) is 22.1. The van der Waals surface area contributed by atoms with Gasteiger partial charge in [0.15, 0.2) is 0 Å². The summed E-state index contributed by atoms with van der Waals surface area (Å²) in [5.41, 5.74) is 3.28. The van der Waals surface area contributed by atoms with Crippen LogP contribution in [0.3, 0.4) is 0 Å². The van der Waals surface area contributed by atoms with Crippen LogP contribution in [-0.2, 0) is 16.0 Å². The second-order valence-corrected chi connectivity index (χ2v) is 8.11. The molecule has 152 valence electrons. The van der Waals surface area contributed by atoms with Gasteiger partial charge in [0.25, 0.3) is 0 Å². The molecule has 4 nitrogen and oxygen atoms in total. The number of nitrogens with one attached hydrogen (secondary N) is 1. The number of carbonyl (C=O) groups excluding carboxylic acids is 1. The lowest BCUT2D eigenvalue weighted by molar-refractivity contribution is -0.140. The highest BCUT2D eigenvalue weighted by Crippen LogP contribution is 2.22. The molecule has 0 saturated carbocycles. The van der Waals surface area contributed by atoms with Crippen LogP contribution in [0, 0.1) is 0 Å². The molecular weight excluding hydrogens is 350 g/mol. The number of esters is 1. The number of aliphatic hydroxyl groups excluding tert-OH is 1. The van der Waals surface area contributed by atoms with Crippen LogP contribution in [0.2, 0.25) is 0 Å². The van der Waals surface area contributed by atoms with Gasteiger partial charge in [0.05, 0.1) is 19.6 Å². The highest BCUT2D eigenvalue weighted by Gasteiger charge is 2.19. The van der Waals surface area contributed by atoms with E-state index in [-0.39, 0.29) is 17.4 Å². The largest absolute Gasteiger partial charge is 0.469 e. The highest BCUT2D eigenvalue weighted by atomic mass is 16.5. The fraction of sp³-hybridized carbons (Fsp3) is 0.458. The summed E-state index contributed by atoms with van der Waals surface area (Å²) in [7, 11) is 1.42. The van der Waals surface area contributed by atoms with E-state index in [9.17, 15) is 9.90 Å². The summed E-state index contributed by atoms with van der Waals surface area (Å²) in [5.74, 6) is -0.0267. The molecular formula is C24H33NO3. The van der Waals surface area contributed by atoms with E-state index < -0.39 is 6.10 Å². The Hall–Kier alpha value is -2.17. The minimum atomic E-state index is -0.504. The van der Waals surface area contributed by atoms with E-state index in [2.05, 4.69) is 43.4 Å². The van der Waals surface area contributed by atoms with Crippen LogP contribution in [0.5, 0.6) is 0 Å². The number of rotatable bonds is 10. The van der Waals surface area contributed by atoms with Crippen molar-refractivity contribution in [2.45, 2.75) is 57.6 Å². The van der Waals surface area contributed by atoms with Crippen molar-refractivity contribution in [1.29, 1.82) is 0 Å². The lowest BCUT2D eigenvalue weighted by Crippen LogP contribution is -2.41. The molecule has 0 bridgehead atoms. The van der Waals surface area contributed by atoms with Crippen LogP contribution in [0.25, 0.3) is 0 Å². The molecule has 2 aromatic rings. The predicted molar refractivity (Wildman–Crippen MR) is 113 cm³/mol. The zero-order valence-electron chi connectivity index (χ0n) is 17.4. The van der Waals surface area contributed by atoms with Gasteiger partial charge in [0.2, 0.25) is 0 Å². The summed E-state index contributed by atoms with van der Waals surface area (Å²) in [6.45, 7) is 6.90. The van der Waals surface area contributed by atoms with Gasteiger partial charge in [-0.05, 0) is 49.3 Å². The van der Waals surface area contributed by atoms with E-state index in [1.54, 1.807) is 0 Å². The van der Waals surface area contributed by atoms with Crippen molar-refractivity contribution in [2.75, 3.05) is 13.7 Å². The molecule has 0 heterocycles. The van der Waals surface area contributed by atoms with Gasteiger partial charge in [-0.2, -0.15) is 0 Å². The first-order valence-corrected chi connectivity index (χ1v) is 9.94. The number of aryl methyl sites for hydroxylation is 1. The highest BCUT2D eigenvalue weighted by molar-refractivity contribution is 5.70. The molecule has 2 N–H and O–H groups in total. The molecule has 2 aromatic carbocycles. The normalized spacial score (nSPS) is 13.8. The van der Waals surface area contributed by atoms with Crippen LogP contribution in [0.4, 0.5) is 0 Å². The molecule has 0 aliphatic heterocycles. The Labute approximate surface area is 168 Å². The summed E-state index contributed by atoms with van der Waals surface area (Å²) < 4.78 is 4.75. The molecule has 0 aliphatic carbocycles. The molecule has 2 unspecified atom stereocenters. The van der Waals surface area contributed by atoms with Crippen LogP contribution >= 0.6 is 0 Å². The van der Waals surface area contributed by atoms with Crippen molar-refractivity contribution in [3.8, 4) is 0 Å². The molecule has 4 heteroatoms. The second kappa shape index (κ2) is 10.4. The van der Waals surface area contributed by atoms with Gasteiger partial charge in [0.1, 0.15) is 0 Å². The summed E-state index contributed by atoms with van der Waals surface area (Å²) in [6, 6.07) is 18.2. The van der Waals surface area contributed by atoms with E-state index in [1.807, 2.05) is 37.3 Å². The van der Waals surface area contributed by atoms with Crippen molar-refractivity contribution >= 4 is 5.97 Å². The van der Waals surface area contributed by atoms with Crippen LogP contribution in [-0.4, -0.2) is 30.3 Å². The molecule has 0 fully saturated rings. The quantitative estimate of drug-likeness (QED) is 0.598. The Morgan fingerprint density at radius 1 is 1.07 bits per heavy atom. The summed E-state index contributed by atoms with van der Waals surface area (Å²) in [4.78, 5) is 11.4. The molecule has 0 aromatic heterocycles. The maximum atomic E-state index is 11.4. The summed E-state index contributed by atoms with van der Waals surface area (Å²) in [5, 5.41) is 13.8. The fourth-order valence-electron chi connectivity index (χ4n) is 3.18. The summed E-state index contributed by atoms with van der Waals surface area (Å²) in [6.07, 6.45) is 1.81. The van der Waals surface area contributed by atoms with E-state index in [4.69, 9.17) is 4.74 Å². The third-order valence-corrected chi connectivity index (χ3v) is 5.25. The van der Waals surface area contributed by atoms with E-state index in [0.29, 0.717) is 13.0 Å². The minimum Gasteiger partial charge on any atom is -0.469 e. The van der Waals surface area contributed by atoms with E-state index >= 15 is 0 Å². The Bertz CT molecular complexity index is 725. The first-order valence-electron chi connectivity index (χ1n) is 9.94. The molecule has 2 rings (SSSR count). The van der Waals surface area contributed by atoms with Gasteiger partial charge in [-0.3, -0.25) is 4.79 Å². The fourth-order valence-corrected chi connectivity index (χ4v) is 3.18. The third kappa shape index (κ3) is 7.10. The van der Waals surface area contributed by atoms with Gasteiger partial charge < -0.3 is 15.2 Å². The number of ether oxygens (including phenoxy) is 1. The number of carbonyl (C=O) groups is 1. The number of benzene rings is 2. The van der Waals surface area contributed by atoms with Crippen molar-refractivity contribution in [3.63, 3.8) is 0 Å². The smallest absolute Gasteiger partial charge is 0.306 e. The Kier molecular flexibility index (Phi) is 8.21. The molecule has 2 atom stereocenters. The molecule has 0 aliphatic rings. The molecule has 28 heavy (non-hydrogen) atoms.